The third kappa shape index (κ3) is 5.06. The molecule has 4 aromatic carbocycles. The minimum Gasteiger partial charge on any atom is -0.493 e. The van der Waals surface area contributed by atoms with Gasteiger partial charge in [-0.15, -0.1) is 0 Å². The molecular weight excluding hydrogens is 494 g/mol. The Bertz CT molecular complexity index is 1490. The molecular formula is C32H33NO4S. The normalized spacial score (nSPS) is 17.9. The van der Waals surface area contributed by atoms with Crippen LogP contribution < -0.4 is 9.47 Å². The van der Waals surface area contributed by atoms with Gasteiger partial charge < -0.3 is 9.47 Å². The van der Waals surface area contributed by atoms with Gasteiger partial charge in [-0.05, 0) is 66.3 Å². The summed E-state index contributed by atoms with van der Waals surface area (Å²) in [5, 5.41) is 0. The summed E-state index contributed by atoms with van der Waals surface area (Å²) in [6, 6.07) is 31.1. The maximum Gasteiger partial charge on any atom is 0.243 e. The van der Waals surface area contributed by atoms with Crippen LogP contribution in [0.4, 0.5) is 0 Å². The second-order valence-electron chi connectivity index (χ2n) is 9.73. The molecule has 0 bridgehead atoms. The molecule has 6 heteroatoms. The highest BCUT2D eigenvalue weighted by Crippen LogP contribution is 2.43. The molecule has 0 amide bonds. The summed E-state index contributed by atoms with van der Waals surface area (Å²) >= 11 is 0. The lowest BCUT2D eigenvalue weighted by Gasteiger charge is -2.35. The number of sulfonamides is 1. The van der Waals surface area contributed by atoms with E-state index in [4.69, 9.17) is 9.47 Å². The quantitative estimate of drug-likeness (QED) is 0.296. The molecule has 2 atom stereocenters. The van der Waals surface area contributed by atoms with E-state index in [0.29, 0.717) is 35.8 Å². The molecule has 0 spiro atoms. The van der Waals surface area contributed by atoms with Crippen LogP contribution >= 0.6 is 0 Å². The molecule has 0 N–H and O–H groups in total. The summed E-state index contributed by atoms with van der Waals surface area (Å²) in [5.41, 5.74) is 5.31. The van der Waals surface area contributed by atoms with Crippen LogP contribution in [0.3, 0.4) is 0 Å². The molecule has 38 heavy (non-hydrogen) atoms. The van der Waals surface area contributed by atoms with Gasteiger partial charge in [0, 0.05) is 18.5 Å². The Labute approximate surface area is 225 Å². The Balaban J connectivity index is 1.74. The zero-order valence-corrected chi connectivity index (χ0v) is 22.8. The van der Waals surface area contributed by atoms with Gasteiger partial charge in [-0.1, -0.05) is 78.4 Å². The summed E-state index contributed by atoms with van der Waals surface area (Å²) in [6.45, 7) is 2.32. The van der Waals surface area contributed by atoms with Crippen LogP contribution in [0.1, 0.15) is 33.7 Å². The first-order valence-corrected chi connectivity index (χ1v) is 14.3. The fraction of sp³-hybridized carbons (Fsp3) is 0.250. The van der Waals surface area contributed by atoms with E-state index in [2.05, 4.69) is 24.3 Å². The van der Waals surface area contributed by atoms with Gasteiger partial charge >= 0.3 is 0 Å². The number of hydrogen-bond donors (Lipinski definition) is 0. The number of methoxy groups -OCH3 is 2. The molecule has 0 fully saturated rings. The van der Waals surface area contributed by atoms with Gasteiger partial charge in [0.15, 0.2) is 11.5 Å². The van der Waals surface area contributed by atoms with Crippen LogP contribution in [0.2, 0.25) is 0 Å². The smallest absolute Gasteiger partial charge is 0.243 e. The number of benzene rings is 4. The Morgan fingerprint density at radius 1 is 0.816 bits per heavy atom. The molecule has 0 radical (unpaired) electrons. The highest BCUT2D eigenvalue weighted by molar-refractivity contribution is 7.89. The molecule has 1 aliphatic rings. The van der Waals surface area contributed by atoms with Gasteiger partial charge in [0.2, 0.25) is 10.0 Å². The zero-order valence-electron chi connectivity index (χ0n) is 22.0. The van der Waals surface area contributed by atoms with Gasteiger partial charge in [-0.25, -0.2) is 8.42 Å². The van der Waals surface area contributed by atoms with Gasteiger partial charge in [0.05, 0.1) is 19.1 Å². The molecule has 4 aromatic rings. The lowest BCUT2D eigenvalue weighted by atomic mass is 9.81. The van der Waals surface area contributed by atoms with Crippen molar-refractivity contribution in [1.29, 1.82) is 0 Å². The fourth-order valence-corrected chi connectivity index (χ4v) is 7.13. The number of aryl methyl sites for hydroxylation is 1. The van der Waals surface area contributed by atoms with Crippen molar-refractivity contribution >= 4 is 10.0 Å². The van der Waals surface area contributed by atoms with Gasteiger partial charge in [0.25, 0.3) is 0 Å². The number of fused-ring (bicyclic) bond motifs is 1. The molecule has 5 nitrogen and oxygen atoms in total. The van der Waals surface area contributed by atoms with E-state index in [-0.39, 0.29) is 12.0 Å². The van der Waals surface area contributed by atoms with E-state index in [0.717, 1.165) is 27.8 Å². The first-order valence-electron chi connectivity index (χ1n) is 12.8. The number of rotatable bonds is 7. The zero-order chi connectivity index (χ0) is 26.7. The van der Waals surface area contributed by atoms with Gasteiger partial charge in [0.1, 0.15) is 0 Å². The lowest BCUT2D eigenvalue weighted by Crippen LogP contribution is -2.45. The minimum absolute atomic E-state index is 0.214. The maximum atomic E-state index is 14.3. The van der Waals surface area contributed by atoms with Crippen molar-refractivity contribution in [2.24, 2.45) is 0 Å². The highest BCUT2D eigenvalue weighted by atomic mass is 32.2. The average molecular weight is 528 g/mol. The summed E-state index contributed by atoms with van der Waals surface area (Å²) in [4.78, 5) is 0.314. The van der Waals surface area contributed by atoms with Crippen LogP contribution in [0.5, 0.6) is 11.5 Å². The second-order valence-corrected chi connectivity index (χ2v) is 11.6. The summed E-state index contributed by atoms with van der Waals surface area (Å²) < 4.78 is 41.7. The highest BCUT2D eigenvalue weighted by Gasteiger charge is 2.41. The Morgan fingerprint density at radius 3 is 2.05 bits per heavy atom. The third-order valence-electron chi connectivity index (χ3n) is 7.41. The van der Waals surface area contributed by atoms with Crippen molar-refractivity contribution in [1.82, 2.24) is 4.31 Å². The Hall–Kier alpha value is -3.61. The molecule has 0 saturated carbocycles. The van der Waals surface area contributed by atoms with E-state index in [1.165, 1.54) is 0 Å². The van der Waals surface area contributed by atoms with Crippen LogP contribution in [-0.4, -0.2) is 39.5 Å². The molecule has 5 rings (SSSR count). The number of ether oxygens (including phenoxy) is 2. The van der Waals surface area contributed by atoms with E-state index in [1.54, 1.807) is 30.7 Å². The lowest BCUT2D eigenvalue weighted by molar-refractivity contribution is 0.304. The molecule has 0 unspecified atom stereocenters. The Kier molecular flexibility index (Phi) is 7.54. The topological polar surface area (TPSA) is 55.8 Å². The van der Waals surface area contributed by atoms with Crippen LogP contribution in [-0.2, 0) is 22.9 Å². The van der Waals surface area contributed by atoms with Crippen molar-refractivity contribution in [3.05, 3.63) is 125 Å². The van der Waals surface area contributed by atoms with Gasteiger partial charge in [-0.3, -0.25) is 0 Å². The maximum absolute atomic E-state index is 14.3. The fourth-order valence-electron chi connectivity index (χ4n) is 5.49. The molecule has 0 aliphatic carbocycles. The van der Waals surface area contributed by atoms with E-state index in [9.17, 15) is 8.42 Å². The van der Waals surface area contributed by atoms with E-state index >= 15 is 0 Å². The van der Waals surface area contributed by atoms with Crippen molar-refractivity contribution in [3.8, 4) is 11.5 Å². The number of nitrogens with zero attached hydrogens (tertiary/aromatic N) is 1. The van der Waals surface area contributed by atoms with Crippen molar-refractivity contribution in [2.45, 2.75) is 36.6 Å². The first kappa shape index (κ1) is 26.0. The molecule has 1 aliphatic heterocycles. The largest absolute Gasteiger partial charge is 0.493 e. The summed E-state index contributed by atoms with van der Waals surface area (Å²) in [6.07, 6.45) is 1.13. The standard InChI is InChI=1S/C32H33NO4S/c1-23-14-16-27(17-15-23)38(34,35)33-19-18-26-21-30(36-2)31(37-3)22-28(26)32(25-12-8-5-9-13-25)29(33)20-24-10-6-4-7-11-24/h4-17,21-22,29,32H,18-20H2,1-3H3/t29-,32+/m0/s1. The molecule has 0 aromatic heterocycles. The van der Waals surface area contributed by atoms with Crippen LogP contribution in [0, 0.1) is 6.92 Å². The Morgan fingerprint density at radius 2 is 1.42 bits per heavy atom. The van der Waals surface area contributed by atoms with Gasteiger partial charge in [-0.2, -0.15) is 4.31 Å². The average Bonchev–Trinajstić information content (AvgIpc) is 3.10. The van der Waals surface area contributed by atoms with Crippen molar-refractivity contribution in [3.63, 3.8) is 0 Å². The molecule has 1 heterocycles. The third-order valence-corrected chi connectivity index (χ3v) is 9.35. The summed E-state index contributed by atoms with van der Waals surface area (Å²) in [7, 11) is -0.531. The minimum atomic E-state index is -3.79. The predicted molar refractivity (Wildman–Crippen MR) is 151 cm³/mol. The van der Waals surface area contributed by atoms with Crippen molar-refractivity contribution < 1.29 is 17.9 Å². The van der Waals surface area contributed by atoms with E-state index < -0.39 is 10.0 Å². The monoisotopic (exact) mass is 527 g/mol. The summed E-state index contributed by atoms with van der Waals surface area (Å²) in [5.74, 6) is 1.07. The molecule has 0 saturated heterocycles. The first-order chi connectivity index (χ1) is 18.4. The SMILES string of the molecule is COc1cc2c(cc1OC)[C@@H](c1ccccc1)[C@H](Cc1ccccc1)N(S(=O)(=O)c1ccc(C)cc1)CC2. The second kappa shape index (κ2) is 11.0. The number of hydrogen-bond acceptors (Lipinski definition) is 4. The van der Waals surface area contributed by atoms with Crippen LogP contribution in [0.25, 0.3) is 0 Å². The van der Waals surface area contributed by atoms with Crippen LogP contribution in [0.15, 0.2) is 102 Å². The van der Waals surface area contributed by atoms with Crippen molar-refractivity contribution in [2.75, 3.05) is 20.8 Å². The van der Waals surface area contributed by atoms with E-state index in [1.807, 2.05) is 67.6 Å². The molecule has 196 valence electrons. The predicted octanol–water partition coefficient (Wildman–Crippen LogP) is 6.00.